The van der Waals surface area contributed by atoms with Gasteiger partial charge in [0, 0.05) is 30.0 Å². The van der Waals surface area contributed by atoms with Crippen molar-refractivity contribution in [2.24, 2.45) is 5.92 Å². The maximum atomic E-state index is 10.5. The highest BCUT2D eigenvalue weighted by Gasteiger charge is 2.24. The molecule has 1 heterocycles. The SMILES string of the molecule is O=[N+]([O-])c1ccc(CC(Cl)C2CCOC2)cc1. The summed E-state index contributed by atoms with van der Waals surface area (Å²) in [5.74, 6) is 0.395. The summed E-state index contributed by atoms with van der Waals surface area (Å²) < 4.78 is 5.29. The topological polar surface area (TPSA) is 52.4 Å². The van der Waals surface area contributed by atoms with Crippen LogP contribution in [0.3, 0.4) is 0 Å². The number of benzene rings is 1. The zero-order chi connectivity index (χ0) is 12.3. The van der Waals surface area contributed by atoms with Gasteiger partial charge in [-0.3, -0.25) is 10.1 Å². The molecule has 0 spiro atoms. The zero-order valence-electron chi connectivity index (χ0n) is 9.34. The first-order valence-corrected chi connectivity index (χ1v) is 6.05. The number of alkyl halides is 1. The molecular weight excluding hydrogens is 242 g/mol. The third-order valence-corrected chi connectivity index (χ3v) is 3.56. The van der Waals surface area contributed by atoms with Crippen molar-refractivity contribution in [3.8, 4) is 0 Å². The molecule has 0 bridgehead atoms. The summed E-state index contributed by atoms with van der Waals surface area (Å²) in [6.07, 6.45) is 1.73. The minimum atomic E-state index is -0.396. The molecule has 0 N–H and O–H groups in total. The average Bonchev–Trinajstić information content (AvgIpc) is 2.83. The van der Waals surface area contributed by atoms with Gasteiger partial charge in [0.05, 0.1) is 11.5 Å². The van der Waals surface area contributed by atoms with Gasteiger partial charge in [-0.2, -0.15) is 0 Å². The summed E-state index contributed by atoms with van der Waals surface area (Å²) >= 11 is 6.31. The Morgan fingerprint density at radius 2 is 2.18 bits per heavy atom. The number of nitro benzene ring substituents is 1. The fraction of sp³-hybridized carbons (Fsp3) is 0.500. The lowest BCUT2D eigenvalue weighted by molar-refractivity contribution is -0.384. The van der Waals surface area contributed by atoms with Crippen LogP contribution in [0.5, 0.6) is 0 Å². The van der Waals surface area contributed by atoms with E-state index >= 15 is 0 Å². The van der Waals surface area contributed by atoms with Gasteiger partial charge in [-0.25, -0.2) is 0 Å². The first-order valence-electron chi connectivity index (χ1n) is 5.62. The van der Waals surface area contributed by atoms with Crippen LogP contribution >= 0.6 is 11.6 Å². The van der Waals surface area contributed by atoms with Crippen LogP contribution in [0.4, 0.5) is 5.69 Å². The molecular formula is C12H14ClNO3. The number of non-ortho nitro benzene ring substituents is 1. The third kappa shape index (κ3) is 3.17. The van der Waals surface area contributed by atoms with Gasteiger partial charge in [0.2, 0.25) is 0 Å². The van der Waals surface area contributed by atoms with Crippen LogP contribution in [0.25, 0.3) is 0 Å². The molecule has 92 valence electrons. The molecule has 0 aromatic heterocycles. The Morgan fingerprint density at radius 1 is 1.47 bits per heavy atom. The van der Waals surface area contributed by atoms with Crippen molar-refractivity contribution in [2.75, 3.05) is 13.2 Å². The van der Waals surface area contributed by atoms with Crippen molar-refractivity contribution in [1.82, 2.24) is 0 Å². The molecule has 17 heavy (non-hydrogen) atoms. The minimum Gasteiger partial charge on any atom is -0.381 e. The van der Waals surface area contributed by atoms with E-state index in [-0.39, 0.29) is 11.1 Å². The second kappa shape index (κ2) is 5.47. The van der Waals surface area contributed by atoms with Crippen LogP contribution in [0.1, 0.15) is 12.0 Å². The first kappa shape index (κ1) is 12.3. The van der Waals surface area contributed by atoms with E-state index in [1.165, 1.54) is 12.1 Å². The van der Waals surface area contributed by atoms with Gasteiger partial charge in [-0.1, -0.05) is 12.1 Å². The normalized spacial score (nSPS) is 21.4. The van der Waals surface area contributed by atoms with Gasteiger partial charge in [0.15, 0.2) is 0 Å². The molecule has 2 atom stereocenters. The van der Waals surface area contributed by atoms with Crippen LogP contribution in [0, 0.1) is 16.0 Å². The molecule has 4 nitrogen and oxygen atoms in total. The van der Waals surface area contributed by atoms with Gasteiger partial charge in [-0.15, -0.1) is 11.6 Å². The van der Waals surface area contributed by atoms with Crippen LogP contribution in [-0.2, 0) is 11.2 Å². The molecule has 1 aliphatic heterocycles. The van der Waals surface area contributed by atoms with E-state index in [9.17, 15) is 10.1 Å². The van der Waals surface area contributed by atoms with E-state index in [2.05, 4.69) is 0 Å². The maximum absolute atomic E-state index is 10.5. The molecule has 1 aromatic rings. The lowest BCUT2D eigenvalue weighted by Gasteiger charge is -2.15. The van der Waals surface area contributed by atoms with Crippen LogP contribution < -0.4 is 0 Å². The van der Waals surface area contributed by atoms with Crippen LogP contribution in [0.2, 0.25) is 0 Å². The lowest BCUT2D eigenvalue weighted by Crippen LogP contribution is -2.17. The van der Waals surface area contributed by atoms with Crippen molar-refractivity contribution in [3.05, 3.63) is 39.9 Å². The van der Waals surface area contributed by atoms with E-state index < -0.39 is 4.92 Å². The summed E-state index contributed by atoms with van der Waals surface area (Å²) in [7, 11) is 0. The van der Waals surface area contributed by atoms with Crippen molar-refractivity contribution in [2.45, 2.75) is 18.2 Å². The fourth-order valence-corrected chi connectivity index (χ4v) is 2.36. The van der Waals surface area contributed by atoms with Crippen molar-refractivity contribution in [3.63, 3.8) is 0 Å². The Labute approximate surface area is 105 Å². The second-order valence-electron chi connectivity index (χ2n) is 4.27. The number of nitrogens with zero attached hydrogens (tertiary/aromatic N) is 1. The Balaban J connectivity index is 1.96. The van der Waals surface area contributed by atoms with Gasteiger partial charge in [0.1, 0.15) is 0 Å². The summed E-state index contributed by atoms with van der Waals surface area (Å²) in [4.78, 5) is 10.1. The first-order chi connectivity index (χ1) is 8.16. The standard InChI is InChI=1S/C12H14ClNO3/c13-12(10-5-6-17-8-10)7-9-1-3-11(4-2-9)14(15)16/h1-4,10,12H,5-8H2. The van der Waals surface area contributed by atoms with E-state index in [4.69, 9.17) is 16.3 Å². The summed E-state index contributed by atoms with van der Waals surface area (Å²) in [5.41, 5.74) is 1.14. The Bertz CT molecular complexity index is 387. The highest BCUT2D eigenvalue weighted by Crippen LogP contribution is 2.24. The smallest absolute Gasteiger partial charge is 0.269 e. The van der Waals surface area contributed by atoms with Crippen molar-refractivity contribution in [1.29, 1.82) is 0 Å². The number of hydrogen-bond donors (Lipinski definition) is 0. The predicted octanol–water partition coefficient (Wildman–Crippen LogP) is 2.78. The molecule has 1 aromatic carbocycles. The summed E-state index contributed by atoms with van der Waals surface area (Å²) in [5, 5.41) is 10.5. The van der Waals surface area contributed by atoms with Crippen LogP contribution in [0.15, 0.2) is 24.3 Å². The molecule has 1 fully saturated rings. The highest BCUT2D eigenvalue weighted by molar-refractivity contribution is 6.20. The van der Waals surface area contributed by atoms with Crippen LogP contribution in [-0.4, -0.2) is 23.5 Å². The summed E-state index contributed by atoms with van der Waals surface area (Å²) in [6, 6.07) is 6.57. The number of rotatable bonds is 4. The Kier molecular flexibility index (Phi) is 3.97. The zero-order valence-corrected chi connectivity index (χ0v) is 10.1. The number of halogens is 1. The lowest BCUT2D eigenvalue weighted by atomic mass is 9.98. The van der Waals surface area contributed by atoms with E-state index in [1.807, 2.05) is 0 Å². The quantitative estimate of drug-likeness (QED) is 0.472. The summed E-state index contributed by atoms with van der Waals surface area (Å²) in [6.45, 7) is 1.51. The number of ether oxygens (including phenoxy) is 1. The largest absolute Gasteiger partial charge is 0.381 e. The molecule has 0 saturated carbocycles. The monoisotopic (exact) mass is 255 g/mol. The van der Waals surface area contributed by atoms with Crippen molar-refractivity contribution >= 4 is 17.3 Å². The average molecular weight is 256 g/mol. The minimum absolute atomic E-state index is 0.0407. The molecule has 0 radical (unpaired) electrons. The molecule has 5 heteroatoms. The van der Waals surface area contributed by atoms with Gasteiger partial charge in [0.25, 0.3) is 5.69 Å². The molecule has 0 amide bonds. The fourth-order valence-electron chi connectivity index (χ4n) is 1.98. The third-order valence-electron chi connectivity index (χ3n) is 3.05. The van der Waals surface area contributed by atoms with Gasteiger partial charge < -0.3 is 4.74 Å². The van der Waals surface area contributed by atoms with E-state index in [0.29, 0.717) is 5.92 Å². The number of hydrogen-bond acceptors (Lipinski definition) is 3. The Hall–Kier alpha value is -1.13. The molecule has 0 aliphatic carbocycles. The molecule has 1 aliphatic rings. The predicted molar refractivity (Wildman–Crippen MR) is 65.4 cm³/mol. The van der Waals surface area contributed by atoms with Crippen molar-refractivity contribution < 1.29 is 9.66 Å². The molecule has 1 saturated heterocycles. The highest BCUT2D eigenvalue weighted by atomic mass is 35.5. The van der Waals surface area contributed by atoms with Gasteiger partial charge in [-0.05, 0) is 18.4 Å². The van der Waals surface area contributed by atoms with Gasteiger partial charge >= 0.3 is 0 Å². The molecule has 2 rings (SSSR count). The van der Waals surface area contributed by atoms with E-state index in [0.717, 1.165) is 31.6 Å². The maximum Gasteiger partial charge on any atom is 0.269 e. The number of nitro groups is 1. The molecule has 2 unspecified atom stereocenters. The Morgan fingerprint density at radius 3 is 2.71 bits per heavy atom. The second-order valence-corrected chi connectivity index (χ2v) is 4.83. The van der Waals surface area contributed by atoms with E-state index in [1.54, 1.807) is 12.1 Å².